The largest absolute Gasteiger partial charge is 0.322 e. The Morgan fingerprint density at radius 2 is 2.18 bits per heavy atom. The molecule has 0 saturated heterocycles. The number of anilines is 1. The molecular formula is C12H21N3OS. The van der Waals surface area contributed by atoms with Gasteiger partial charge in [-0.3, -0.25) is 9.48 Å². The summed E-state index contributed by atoms with van der Waals surface area (Å²) in [4.78, 5) is 11.8. The SMILES string of the molecule is CCCn1nc(C)c(NC(=O)C(C)SC)c1C. The molecule has 5 heteroatoms. The molecule has 0 aliphatic rings. The quantitative estimate of drug-likeness (QED) is 0.879. The van der Waals surface area contributed by atoms with Gasteiger partial charge in [0.1, 0.15) is 0 Å². The summed E-state index contributed by atoms with van der Waals surface area (Å²) in [7, 11) is 0. The van der Waals surface area contributed by atoms with Gasteiger partial charge in [-0.1, -0.05) is 6.92 Å². The first-order valence-electron chi connectivity index (χ1n) is 5.88. The second-order valence-electron chi connectivity index (χ2n) is 4.14. The standard InChI is InChI=1S/C12H21N3OS/c1-6-7-15-9(3)11(8(2)14-15)13-12(16)10(4)17-5/h10H,6-7H2,1-5H3,(H,13,16). The highest BCUT2D eigenvalue weighted by Gasteiger charge is 2.17. The van der Waals surface area contributed by atoms with Crippen molar-refractivity contribution in [1.29, 1.82) is 0 Å². The Morgan fingerprint density at radius 3 is 2.71 bits per heavy atom. The molecule has 0 aliphatic carbocycles. The minimum absolute atomic E-state index is 0.0386. The Hall–Kier alpha value is -0.970. The van der Waals surface area contributed by atoms with Crippen molar-refractivity contribution in [2.24, 2.45) is 0 Å². The Bertz CT molecular complexity index is 401. The van der Waals surface area contributed by atoms with E-state index in [1.807, 2.05) is 31.7 Å². The second kappa shape index (κ2) is 6.10. The molecule has 1 unspecified atom stereocenters. The molecule has 0 fully saturated rings. The summed E-state index contributed by atoms with van der Waals surface area (Å²) in [6.07, 6.45) is 2.97. The molecule has 1 atom stereocenters. The van der Waals surface area contributed by atoms with E-state index < -0.39 is 0 Å². The summed E-state index contributed by atoms with van der Waals surface area (Å²) in [5.74, 6) is 0.0414. The van der Waals surface area contributed by atoms with E-state index in [9.17, 15) is 4.79 Å². The van der Waals surface area contributed by atoms with Crippen LogP contribution >= 0.6 is 11.8 Å². The molecule has 96 valence electrons. The molecule has 1 aromatic rings. The maximum absolute atomic E-state index is 11.8. The maximum Gasteiger partial charge on any atom is 0.237 e. The Morgan fingerprint density at radius 1 is 1.53 bits per heavy atom. The summed E-state index contributed by atoms with van der Waals surface area (Å²) >= 11 is 1.54. The molecule has 0 bridgehead atoms. The zero-order chi connectivity index (χ0) is 13.0. The normalized spacial score (nSPS) is 12.5. The first-order valence-corrected chi connectivity index (χ1v) is 7.17. The van der Waals surface area contributed by atoms with Crippen LogP contribution in [0.25, 0.3) is 0 Å². The predicted octanol–water partition coefficient (Wildman–Crippen LogP) is 2.60. The second-order valence-corrected chi connectivity index (χ2v) is 5.31. The molecule has 1 aromatic heterocycles. The van der Waals surface area contributed by atoms with Crippen molar-refractivity contribution in [3.8, 4) is 0 Å². The molecule has 0 aliphatic heterocycles. The predicted molar refractivity (Wildman–Crippen MR) is 73.6 cm³/mol. The number of nitrogens with one attached hydrogen (secondary N) is 1. The number of hydrogen-bond donors (Lipinski definition) is 1. The zero-order valence-corrected chi connectivity index (χ0v) is 12.0. The van der Waals surface area contributed by atoms with Gasteiger partial charge in [0.05, 0.1) is 22.3 Å². The molecular weight excluding hydrogens is 234 g/mol. The molecule has 1 amide bonds. The molecule has 17 heavy (non-hydrogen) atoms. The van der Waals surface area contributed by atoms with E-state index in [2.05, 4.69) is 17.3 Å². The van der Waals surface area contributed by atoms with Crippen LogP contribution in [0.2, 0.25) is 0 Å². The fraction of sp³-hybridized carbons (Fsp3) is 0.667. The number of aromatic nitrogens is 2. The number of rotatable bonds is 5. The van der Waals surface area contributed by atoms with E-state index in [1.54, 1.807) is 11.8 Å². The number of carbonyl (C=O) groups is 1. The molecule has 0 saturated carbocycles. The molecule has 0 aromatic carbocycles. The van der Waals surface area contributed by atoms with E-state index in [-0.39, 0.29) is 11.2 Å². The van der Waals surface area contributed by atoms with Crippen LogP contribution in [0.4, 0.5) is 5.69 Å². The molecule has 1 heterocycles. The van der Waals surface area contributed by atoms with E-state index >= 15 is 0 Å². The van der Waals surface area contributed by atoms with Crippen LogP contribution < -0.4 is 5.32 Å². The zero-order valence-electron chi connectivity index (χ0n) is 11.2. The van der Waals surface area contributed by atoms with Crippen molar-refractivity contribution >= 4 is 23.4 Å². The highest BCUT2D eigenvalue weighted by Crippen LogP contribution is 2.21. The summed E-state index contributed by atoms with van der Waals surface area (Å²) in [6.45, 7) is 8.83. The average Bonchev–Trinajstić information content (AvgIpc) is 2.56. The first kappa shape index (κ1) is 14.1. The first-order chi connectivity index (χ1) is 8.01. The number of aryl methyl sites for hydroxylation is 2. The molecule has 1 rings (SSSR count). The maximum atomic E-state index is 11.8. The Kier molecular flexibility index (Phi) is 5.05. The van der Waals surface area contributed by atoms with Crippen molar-refractivity contribution in [2.45, 2.75) is 45.9 Å². The lowest BCUT2D eigenvalue weighted by atomic mass is 10.3. The number of thioether (sulfide) groups is 1. The molecule has 0 spiro atoms. The molecule has 4 nitrogen and oxygen atoms in total. The number of nitrogens with zero attached hydrogens (tertiary/aromatic N) is 2. The summed E-state index contributed by atoms with van der Waals surface area (Å²) in [5.41, 5.74) is 2.79. The van der Waals surface area contributed by atoms with E-state index in [0.29, 0.717) is 0 Å². The van der Waals surface area contributed by atoms with Gasteiger partial charge in [-0.2, -0.15) is 16.9 Å². The number of hydrogen-bond acceptors (Lipinski definition) is 3. The Balaban J connectivity index is 2.87. The van der Waals surface area contributed by atoms with Crippen LogP contribution in [0.1, 0.15) is 31.7 Å². The lowest BCUT2D eigenvalue weighted by Crippen LogP contribution is -2.22. The van der Waals surface area contributed by atoms with E-state index in [0.717, 1.165) is 30.0 Å². The van der Waals surface area contributed by atoms with Crippen molar-refractivity contribution in [2.75, 3.05) is 11.6 Å². The Labute approximate surface area is 107 Å². The molecule has 0 radical (unpaired) electrons. The minimum Gasteiger partial charge on any atom is -0.322 e. The fourth-order valence-corrected chi connectivity index (χ4v) is 1.91. The lowest BCUT2D eigenvalue weighted by Gasteiger charge is -2.10. The summed E-state index contributed by atoms with van der Waals surface area (Å²) in [5, 5.41) is 7.36. The average molecular weight is 255 g/mol. The lowest BCUT2D eigenvalue weighted by molar-refractivity contribution is -0.115. The van der Waals surface area contributed by atoms with Crippen LogP contribution in [-0.2, 0) is 11.3 Å². The third-order valence-electron chi connectivity index (χ3n) is 2.79. The van der Waals surface area contributed by atoms with Gasteiger partial charge < -0.3 is 5.32 Å². The van der Waals surface area contributed by atoms with Crippen molar-refractivity contribution in [1.82, 2.24) is 9.78 Å². The highest BCUT2D eigenvalue weighted by atomic mass is 32.2. The van der Waals surface area contributed by atoms with Crippen LogP contribution in [0, 0.1) is 13.8 Å². The van der Waals surface area contributed by atoms with Gasteiger partial charge in [0.25, 0.3) is 0 Å². The van der Waals surface area contributed by atoms with Gasteiger partial charge in [-0.25, -0.2) is 0 Å². The van der Waals surface area contributed by atoms with Crippen LogP contribution in [0.3, 0.4) is 0 Å². The fourth-order valence-electron chi connectivity index (χ4n) is 1.64. The topological polar surface area (TPSA) is 46.9 Å². The van der Waals surface area contributed by atoms with Crippen LogP contribution in [0.5, 0.6) is 0 Å². The van der Waals surface area contributed by atoms with Gasteiger partial charge >= 0.3 is 0 Å². The van der Waals surface area contributed by atoms with Crippen LogP contribution in [-0.4, -0.2) is 27.2 Å². The van der Waals surface area contributed by atoms with Gasteiger partial charge in [0, 0.05) is 6.54 Å². The molecule has 1 N–H and O–H groups in total. The number of amides is 1. The number of carbonyl (C=O) groups excluding carboxylic acids is 1. The van der Waals surface area contributed by atoms with E-state index in [4.69, 9.17) is 0 Å². The van der Waals surface area contributed by atoms with Gasteiger partial charge in [-0.15, -0.1) is 0 Å². The van der Waals surface area contributed by atoms with Gasteiger partial charge in [-0.05, 0) is 33.4 Å². The van der Waals surface area contributed by atoms with Gasteiger partial charge in [0.2, 0.25) is 5.91 Å². The smallest absolute Gasteiger partial charge is 0.237 e. The van der Waals surface area contributed by atoms with Crippen LogP contribution in [0.15, 0.2) is 0 Å². The van der Waals surface area contributed by atoms with Gasteiger partial charge in [0.15, 0.2) is 0 Å². The summed E-state index contributed by atoms with van der Waals surface area (Å²) in [6, 6.07) is 0. The monoisotopic (exact) mass is 255 g/mol. The minimum atomic E-state index is -0.0386. The highest BCUT2D eigenvalue weighted by molar-refractivity contribution is 7.99. The third kappa shape index (κ3) is 3.25. The van der Waals surface area contributed by atoms with Crippen molar-refractivity contribution in [3.63, 3.8) is 0 Å². The van der Waals surface area contributed by atoms with E-state index in [1.165, 1.54) is 0 Å². The summed E-state index contributed by atoms with van der Waals surface area (Å²) < 4.78 is 1.95. The third-order valence-corrected chi connectivity index (χ3v) is 3.71. The van der Waals surface area contributed by atoms with Crippen molar-refractivity contribution < 1.29 is 4.79 Å². The van der Waals surface area contributed by atoms with Crippen molar-refractivity contribution in [3.05, 3.63) is 11.4 Å².